The number of anilines is 3. The molecule has 0 fully saturated rings. The first kappa shape index (κ1) is 27.2. The summed E-state index contributed by atoms with van der Waals surface area (Å²) in [5.41, 5.74) is 9.95. The lowest BCUT2D eigenvalue weighted by atomic mass is 10.0. The molecule has 3 heterocycles. The highest BCUT2D eigenvalue weighted by atomic mass is 16.3. The van der Waals surface area contributed by atoms with Crippen molar-refractivity contribution in [3.05, 3.63) is 170 Å². The van der Waals surface area contributed by atoms with Gasteiger partial charge in [0.1, 0.15) is 16.7 Å². The lowest BCUT2D eigenvalue weighted by Crippen LogP contribution is -2.10. The molecule has 0 bridgehead atoms. The molecule has 234 valence electrons. The number of fused-ring (bicyclic) bond motifs is 10. The van der Waals surface area contributed by atoms with E-state index in [2.05, 4.69) is 167 Å². The van der Waals surface area contributed by atoms with E-state index >= 15 is 0 Å². The topological polar surface area (TPSA) is 34.5 Å². The predicted molar refractivity (Wildman–Crippen MR) is 208 cm³/mol. The highest BCUT2D eigenvalue weighted by molar-refractivity contribution is 6.19. The molecule has 4 nitrogen and oxygen atoms in total. The van der Waals surface area contributed by atoms with E-state index in [4.69, 9.17) is 8.83 Å². The Morgan fingerprint density at radius 2 is 1.06 bits per heavy atom. The molecule has 0 amide bonds. The van der Waals surface area contributed by atoms with Crippen LogP contribution in [0, 0.1) is 0 Å². The summed E-state index contributed by atoms with van der Waals surface area (Å²) in [6.07, 6.45) is 0. The van der Waals surface area contributed by atoms with E-state index in [-0.39, 0.29) is 0 Å². The van der Waals surface area contributed by atoms with E-state index in [9.17, 15) is 0 Å². The average molecular weight is 641 g/mol. The lowest BCUT2D eigenvalue weighted by Gasteiger charge is -2.26. The summed E-state index contributed by atoms with van der Waals surface area (Å²) in [6.45, 7) is 0. The molecule has 0 unspecified atom stereocenters. The van der Waals surface area contributed by atoms with Crippen molar-refractivity contribution in [2.45, 2.75) is 0 Å². The molecule has 0 aliphatic carbocycles. The molecule has 4 heteroatoms. The summed E-state index contributed by atoms with van der Waals surface area (Å²) in [5.74, 6) is 0. The number of hydrogen-bond donors (Lipinski definition) is 0. The molecular formula is C46H28N2O2. The molecule has 8 aromatic carbocycles. The van der Waals surface area contributed by atoms with E-state index in [0.29, 0.717) is 0 Å². The highest BCUT2D eigenvalue weighted by Gasteiger charge is 2.25. The summed E-state index contributed by atoms with van der Waals surface area (Å²) in [6, 6.07) is 60.1. The van der Waals surface area contributed by atoms with Crippen LogP contribution in [0.1, 0.15) is 0 Å². The van der Waals surface area contributed by atoms with Crippen molar-refractivity contribution in [2.24, 2.45) is 0 Å². The van der Waals surface area contributed by atoms with Gasteiger partial charge < -0.3 is 18.3 Å². The zero-order valence-corrected chi connectivity index (χ0v) is 26.9. The second kappa shape index (κ2) is 10.4. The molecular weight excluding hydrogens is 613 g/mol. The maximum absolute atomic E-state index is 6.87. The van der Waals surface area contributed by atoms with Crippen molar-refractivity contribution in [2.75, 3.05) is 4.90 Å². The summed E-state index contributed by atoms with van der Waals surface area (Å²) in [4.78, 5) is 2.37. The predicted octanol–water partition coefficient (Wildman–Crippen LogP) is 13.2. The Morgan fingerprint density at radius 3 is 1.96 bits per heavy atom. The maximum atomic E-state index is 6.87. The van der Waals surface area contributed by atoms with Crippen molar-refractivity contribution in [3.8, 4) is 5.69 Å². The SMILES string of the molecule is c1ccc(-n2c3ccccc3c3c(N(c4ccc5oc6ccccc6c5c4)c4cccc5c4oc4cc6ccccc6cc45)cccc32)cc1. The van der Waals surface area contributed by atoms with Crippen LogP contribution in [0.4, 0.5) is 17.1 Å². The Morgan fingerprint density at radius 1 is 0.400 bits per heavy atom. The first-order valence-corrected chi connectivity index (χ1v) is 16.9. The molecule has 0 aliphatic rings. The first-order chi connectivity index (χ1) is 24.8. The maximum Gasteiger partial charge on any atom is 0.159 e. The number of rotatable bonds is 4. The molecule has 3 aromatic heterocycles. The number of hydrogen-bond acceptors (Lipinski definition) is 3. The molecule has 0 atom stereocenters. The van der Waals surface area contributed by atoms with Gasteiger partial charge in [-0.1, -0.05) is 97.1 Å². The number of furan rings is 2. The molecule has 11 aromatic rings. The smallest absolute Gasteiger partial charge is 0.159 e. The van der Waals surface area contributed by atoms with Crippen molar-refractivity contribution in [1.82, 2.24) is 4.57 Å². The standard InChI is InChI=1S/C46H28N2O2/c1-2-14-31(15-3-1)47-38-19-8-6-17-35(38)45-39(47)20-11-21-40(45)48(32-24-25-43-37(28-32)33-16-7-9-23-42(33)49-43)41-22-10-18-34-36-26-29-12-4-5-13-30(29)27-44(36)50-46(34)41/h1-28H. The van der Waals surface area contributed by atoms with Gasteiger partial charge in [0.15, 0.2) is 5.58 Å². The molecule has 0 aliphatic heterocycles. The van der Waals surface area contributed by atoms with Gasteiger partial charge in [-0.25, -0.2) is 0 Å². The van der Waals surface area contributed by atoms with Crippen molar-refractivity contribution in [3.63, 3.8) is 0 Å². The molecule has 0 spiro atoms. The monoisotopic (exact) mass is 640 g/mol. The summed E-state index contributed by atoms with van der Waals surface area (Å²) < 4.78 is 15.5. The van der Waals surface area contributed by atoms with E-state index < -0.39 is 0 Å². The summed E-state index contributed by atoms with van der Waals surface area (Å²) in [5, 5.41) is 9.07. The first-order valence-electron chi connectivity index (χ1n) is 16.9. The third-order valence-corrected chi connectivity index (χ3v) is 10.1. The van der Waals surface area contributed by atoms with Gasteiger partial charge in [-0.05, 0) is 83.6 Å². The number of aromatic nitrogens is 1. The van der Waals surface area contributed by atoms with Crippen LogP contribution >= 0.6 is 0 Å². The Hall–Kier alpha value is -6.78. The van der Waals surface area contributed by atoms with Gasteiger partial charge in [-0.3, -0.25) is 0 Å². The van der Waals surface area contributed by atoms with Gasteiger partial charge in [-0.2, -0.15) is 0 Å². The van der Waals surface area contributed by atoms with Crippen LogP contribution in [0.25, 0.3) is 82.1 Å². The van der Waals surface area contributed by atoms with Crippen LogP contribution in [0.5, 0.6) is 0 Å². The van der Waals surface area contributed by atoms with Crippen LogP contribution in [-0.4, -0.2) is 4.57 Å². The van der Waals surface area contributed by atoms with Gasteiger partial charge in [0.05, 0.1) is 22.4 Å². The fraction of sp³-hybridized carbons (Fsp3) is 0. The van der Waals surface area contributed by atoms with Crippen LogP contribution in [0.3, 0.4) is 0 Å². The zero-order valence-electron chi connectivity index (χ0n) is 26.9. The minimum absolute atomic E-state index is 0.846. The molecule has 0 N–H and O–H groups in total. The Balaban J connectivity index is 1.26. The third kappa shape index (κ3) is 3.87. The largest absolute Gasteiger partial charge is 0.456 e. The number of benzene rings is 8. The second-order valence-electron chi connectivity index (χ2n) is 12.9. The fourth-order valence-corrected chi connectivity index (χ4v) is 7.95. The molecule has 0 radical (unpaired) electrons. The van der Waals surface area contributed by atoms with Crippen LogP contribution < -0.4 is 4.90 Å². The summed E-state index contributed by atoms with van der Waals surface area (Å²) >= 11 is 0. The van der Waals surface area contributed by atoms with Gasteiger partial charge in [-0.15, -0.1) is 0 Å². The Labute approximate surface area is 286 Å². The minimum atomic E-state index is 0.846. The normalized spacial score (nSPS) is 12.0. The van der Waals surface area contributed by atoms with Gasteiger partial charge >= 0.3 is 0 Å². The van der Waals surface area contributed by atoms with E-state index in [1.54, 1.807) is 0 Å². The van der Waals surface area contributed by atoms with Gasteiger partial charge in [0.25, 0.3) is 0 Å². The number of para-hydroxylation sites is 4. The highest BCUT2D eigenvalue weighted by Crippen LogP contribution is 2.48. The molecule has 0 saturated heterocycles. The van der Waals surface area contributed by atoms with Crippen LogP contribution in [0.15, 0.2) is 179 Å². The van der Waals surface area contributed by atoms with Crippen molar-refractivity contribution in [1.29, 1.82) is 0 Å². The fourth-order valence-electron chi connectivity index (χ4n) is 7.95. The summed E-state index contributed by atoms with van der Waals surface area (Å²) in [7, 11) is 0. The Bertz CT molecular complexity index is 3110. The molecule has 50 heavy (non-hydrogen) atoms. The second-order valence-corrected chi connectivity index (χ2v) is 12.9. The quantitative estimate of drug-likeness (QED) is 0.192. The van der Waals surface area contributed by atoms with Gasteiger partial charge in [0, 0.05) is 43.7 Å². The van der Waals surface area contributed by atoms with Gasteiger partial charge in [0.2, 0.25) is 0 Å². The molecule has 11 rings (SSSR count). The lowest BCUT2D eigenvalue weighted by molar-refractivity contribution is 0.669. The number of nitrogens with zero attached hydrogens (tertiary/aromatic N) is 2. The minimum Gasteiger partial charge on any atom is -0.456 e. The van der Waals surface area contributed by atoms with Crippen LogP contribution in [0.2, 0.25) is 0 Å². The van der Waals surface area contributed by atoms with E-state index in [1.165, 1.54) is 16.2 Å². The van der Waals surface area contributed by atoms with Crippen LogP contribution in [-0.2, 0) is 0 Å². The Kier molecular flexibility index (Phi) is 5.63. The third-order valence-electron chi connectivity index (χ3n) is 10.1. The van der Waals surface area contributed by atoms with Crippen molar-refractivity contribution < 1.29 is 8.83 Å². The average Bonchev–Trinajstić information content (AvgIpc) is 3.84. The zero-order chi connectivity index (χ0) is 32.8. The van der Waals surface area contributed by atoms with Crippen molar-refractivity contribution >= 4 is 93.5 Å². The van der Waals surface area contributed by atoms with E-state index in [0.717, 1.165) is 83.0 Å². The van der Waals surface area contributed by atoms with E-state index in [1.807, 2.05) is 12.1 Å². The molecule has 0 saturated carbocycles.